The quantitative estimate of drug-likeness (QED) is 0.841. The van der Waals surface area contributed by atoms with Gasteiger partial charge in [-0.25, -0.2) is 0 Å². The second-order valence-electron chi connectivity index (χ2n) is 5.52. The van der Waals surface area contributed by atoms with Gasteiger partial charge >= 0.3 is 0 Å². The molecule has 1 saturated heterocycles. The minimum Gasteiger partial charge on any atom is -0.396 e. The molecule has 88 valence electrons. The van der Waals surface area contributed by atoms with Gasteiger partial charge in [0.15, 0.2) is 0 Å². The van der Waals surface area contributed by atoms with Crippen molar-refractivity contribution in [3.63, 3.8) is 0 Å². The second kappa shape index (κ2) is 4.46. The van der Waals surface area contributed by atoms with Gasteiger partial charge in [-0.2, -0.15) is 0 Å². The Bertz CT molecular complexity index is 352. The molecule has 1 N–H and O–H groups in total. The van der Waals surface area contributed by atoms with Gasteiger partial charge < -0.3 is 10.0 Å². The number of hydrogen-bond acceptors (Lipinski definition) is 2. The van der Waals surface area contributed by atoms with Gasteiger partial charge in [0.05, 0.1) is 0 Å². The number of aryl methyl sites for hydroxylation is 1. The van der Waals surface area contributed by atoms with Crippen LogP contribution < -0.4 is 4.90 Å². The summed E-state index contributed by atoms with van der Waals surface area (Å²) in [6.45, 7) is 7.19. The fourth-order valence-corrected chi connectivity index (χ4v) is 2.36. The molecule has 0 spiro atoms. The van der Waals surface area contributed by atoms with Crippen LogP contribution in [0.2, 0.25) is 0 Å². The molecule has 2 rings (SSSR count). The van der Waals surface area contributed by atoms with Crippen LogP contribution in [0.5, 0.6) is 0 Å². The second-order valence-corrected chi connectivity index (χ2v) is 5.52. The van der Waals surface area contributed by atoms with E-state index in [-0.39, 0.29) is 6.61 Å². The maximum absolute atomic E-state index is 8.82. The maximum Gasteiger partial charge on any atom is 0.0434 e. The van der Waals surface area contributed by atoms with E-state index in [1.165, 1.54) is 11.3 Å². The predicted octanol–water partition coefficient (Wildman–Crippen LogP) is 2.46. The van der Waals surface area contributed by atoms with Crippen LogP contribution >= 0.6 is 0 Å². The minimum absolute atomic E-state index is 0.279. The molecule has 2 heteroatoms. The number of rotatable bonds is 4. The normalized spacial score (nSPS) is 18.3. The standard InChI is InChI=1S/C14H21NO/c1-14(2)10-15(11-14)13-7-3-5-12(9-13)6-4-8-16/h3,5,7,9,16H,4,6,8,10-11H2,1-2H3. The number of benzene rings is 1. The van der Waals surface area contributed by atoms with Crippen LogP contribution in [0, 0.1) is 5.41 Å². The maximum atomic E-state index is 8.82. The van der Waals surface area contributed by atoms with E-state index >= 15 is 0 Å². The highest BCUT2D eigenvalue weighted by Gasteiger charge is 2.33. The van der Waals surface area contributed by atoms with Gasteiger partial charge in [-0.15, -0.1) is 0 Å². The number of hydrogen-bond donors (Lipinski definition) is 1. The molecule has 0 aliphatic carbocycles. The number of anilines is 1. The first kappa shape index (κ1) is 11.5. The third-order valence-electron chi connectivity index (χ3n) is 3.14. The molecule has 1 aromatic carbocycles. The zero-order valence-corrected chi connectivity index (χ0v) is 10.2. The Labute approximate surface area is 97.9 Å². The molecule has 1 fully saturated rings. The van der Waals surface area contributed by atoms with E-state index in [0.29, 0.717) is 5.41 Å². The lowest BCUT2D eigenvalue weighted by Crippen LogP contribution is -2.53. The van der Waals surface area contributed by atoms with Crippen LogP contribution in [-0.4, -0.2) is 24.8 Å². The molecule has 1 aromatic rings. The SMILES string of the molecule is CC1(C)CN(c2cccc(CCCO)c2)C1. The van der Waals surface area contributed by atoms with Crippen LogP contribution in [0.15, 0.2) is 24.3 Å². The highest BCUT2D eigenvalue weighted by atomic mass is 16.2. The number of nitrogens with zero attached hydrogens (tertiary/aromatic N) is 1. The summed E-state index contributed by atoms with van der Waals surface area (Å²) in [5, 5.41) is 8.82. The Morgan fingerprint density at radius 3 is 2.69 bits per heavy atom. The monoisotopic (exact) mass is 219 g/mol. The third kappa shape index (κ3) is 2.56. The smallest absolute Gasteiger partial charge is 0.0434 e. The Hall–Kier alpha value is -1.02. The van der Waals surface area contributed by atoms with Crippen molar-refractivity contribution in [2.24, 2.45) is 5.41 Å². The van der Waals surface area contributed by atoms with Crippen molar-refractivity contribution in [1.82, 2.24) is 0 Å². The van der Waals surface area contributed by atoms with Crippen LogP contribution in [0.3, 0.4) is 0 Å². The highest BCUT2D eigenvalue weighted by Crippen LogP contribution is 2.33. The fraction of sp³-hybridized carbons (Fsp3) is 0.571. The zero-order valence-electron chi connectivity index (χ0n) is 10.2. The van der Waals surface area contributed by atoms with Crippen LogP contribution in [0.1, 0.15) is 25.8 Å². The minimum atomic E-state index is 0.279. The van der Waals surface area contributed by atoms with E-state index in [1.54, 1.807) is 0 Å². The number of aliphatic hydroxyl groups is 1. The van der Waals surface area contributed by atoms with Crippen LogP contribution in [0.4, 0.5) is 5.69 Å². The first-order valence-corrected chi connectivity index (χ1v) is 6.05. The summed E-state index contributed by atoms with van der Waals surface area (Å²) in [4.78, 5) is 2.42. The first-order valence-electron chi connectivity index (χ1n) is 6.05. The van der Waals surface area contributed by atoms with Gasteiger partial charge in [0.1, 0.15) is 0 Å². The van der Waals surface area contributed by atoms with Gasteiger partial charge in [-0.3, -0.25) is 0 Å². The van der Waals surface area contributed by atoms with Crippen molar-refractivity contribution in [3.05, 3.63) is 29.8 Å². The molecule has 0 radical (unpaired) electrons. The van der Waals surface area contributed by atoms with E-state index in [4.69, 9.17) is 5.11 Å². The summed E-state index contributed by atoms with van der Waals surface area (Å²) < 4.78 is 0. The molecule has 16 heavy (non-hydrogen) atoms. The molecular formula is C14H21NO. The molecule has 1 aliphatic heterocycles. The lowest BCUT2D eigenvalue weighted by Gasteiger charge is -2.47. The molecule has 0 aromatic heterocycles. The summed E-state index contributed by atoms with van der Waals surface area (Å²) in [5.74, 6) is 0. The lowest BCUT2D eigenvalue weighted by molar-refractivity contribution is 0.276. The zero-order chi connectivity index (χ0) is 11.6. The molecular weight excluding hydrogens is 198 g/mol. The fourth-order valence-electron chi connectivity index (χ4n) is 2.36. The van der Waals surface area contributed by atoms with Gasteiger partial charge in [0.2, 0.25) is 0 Å². The van der Waals surface area contributed by atoms with Crippen molar-refractivity contribution < 1.29 is 5.11 Å². The van der Waals surface area contributed by atoms with Crippen molar-refractivity contribution in [1.29, 1.82) is 0 Å². The van der Waals surface area contributed by atoms with E-state index < -0.39 is 0 Å². The molecule has 2 nitrogen and oxygen atoms in total. The lowest BCUT2D eigenvalue weighted by atomic mass is 9.84. The summed E-state index contributed by atoms with van der Waals surface area (Å²) in [6.07, 6.45) is 1.83. The highest BCUT2D eigenvalue weighted by molar-refractivity contribution is 5.51. The molecule has 1 aliphatic rings. The largest absolute Gasteiger partial charge is 0.396 e. The molecule has 0 saturated carbocycles. The van der Waals surface area contributed by atoms with E-state index in [0.717, 1.165) is 25.9 Å². The topological polar surface area (TPSA) is 23.5 Å². The van der Waals surface area contributed by atoms with Gasteiger partial charge in [-0.1, -0.05) is 26.0 Å². The third-order valence-corrected chi connectivity index (χ3v) is 3.14. The van der Waals surface area contributed by atoms with Crippen molar-refractivity contribution in [2.75, 3.05) is 24.6 Å². The van der Waals surface area contributed by atoms with E-state index in [9.17, 15) is 0 Å². The summed E-state index contributed by atoms with van der Waals surface area (Å²) in [6, 6.07) is 8.69. The summed E-state index contributed by atoms with van der Waals surface area (Å²) in [5.41, 5.74) is 3.13. The van der Waals surface area contributed by atoms with Crippen molar-refractivity contribution >= 4 is 5.69 Å². The molecule has 0 unspecified atom stereocenters. The molecule has 0 atom stereocenters. The predicted molar refractivity (Wildman–Crippen MR) is 67.8 cm³/mol. The van der Waals surface area contributed by atoms with Gasteiger partial charge in [-0.05, 0) is 36.0 Å². The summed E-state index contributed by atoms with van der Waals surface area (Å²) >= 11 is 0. The average molecular weight is 219 g/mol. The first-order chi connectivity index (χ1) is 7.61. The number of aliphatic hydroxyl groups excluding tert-OH is 1. The van der Waals surface area contributed by atoms with Crippen molar-refractivity contribution in [3.8, 4) is 0 Å². The van der Waals surface area contributed by atoms with E-state index in [1.807, 2.05) is 0 Å². The van der Waals surface area contributed by atoms with E-state index in [2.05, 4.69) is 43.0 Å². The Balaban J connectivity index is 2.00. The molecule has 1 heterocycles. The summed E-state index contributed by atoms with van der Waals surface area (Å²) in [7, 11) is 0. The Kier molecular flexibility index (Phi) is 3.20. The molecule has 0 amide bonds. The molecule has 0 bridgehead atoms. The van der Waals surface area contributed by atoms with Crippen LogP contribution in [0.25, 0.3) is 0 Å². The van der Waals surface area contributed by atoms with Crippen molar-refractivity contribution in [2.45, 2.75) is 26.7 Å². The van der Waals surface area contributed by atoms with Gasteiger partial charge in [0, 0.05) is 25.4 Å². The Morgan fingerprint density at radius 2 is 2.06 bits per heavy atom. The average Bonchev–Trinajstić information content (AvgIpc) is 2.23. The van der Waals surface area contributed by atoms with Gasteiger partial charge in [0.25, 0.3) is 0 Å². The Morgan fingerprint density at radius 1 is 1.31 bits per heavy atom. The van der Waals surface area contributed by atoms with Crippen LogP contribution in [-0.2, 0) is 6.42 Å².